The van der Waals surface area contributed by atoms with Gasteiger partial charge in [0, 0.05) is 18.7 Å². The van der Waals surface area contributed by atoms with Crippen molar-refractivity contribution >= 4 is 15.9 Å². The summed E-state index contributed by atoms with van der Waals surface area (Å²) in [6.45, 7) is 0.167. The number of carbonyl (C=O) groups is 1. The first-order valence-electron chi connectivity index (χ1n) is 9.19. The lowest BCUT2D eigenvalue weighted by Gasteiger charge is -2.29. The third kappa shape index (κ3) is 3.64. The summed E-state index contributed by atoms with van der Waals surface area (Å²) in [6, 6.07) is 11.0. The first-order chi connectivity index (χ1) is 13.6. The molecule has 0 bridgehead atoms. The molecule has 2 heterocycles. The first kappa shape index (κ1) is 19.9. The number of sulfonamides is 1. The molecule has 9 heteroatoms. The van der Waals surface area contributed by atoms with Crippen LogP contribution in [0.3, 0.4) is 0 Å². The van der Waals surface area contributed by atoms with Crippen LogP contribution in [0.2, 0.25) is 0 Å². The molecule has 2 aromatic carbocycles. The standard InChI is InChI=1S/C20H19F3N2O3S/c21-20(22,23)15-5-3-6-16(12-15)29(27,28)25-11-10-19(13-25)9-8-14-4-1-2-7-17(14)18(26)24-19/h1-7,12H,8-11,13H2,(H,24,26)/t19-/m1/s1. The maximum Gasteiger partial charge on any atom is 0.416 e. The summed E-state index contributed by atoms with van der Waals surface area (Å²) in [7, 11) is -4.11. The normalized spacial score (nSPS) is 22.9. The number of aryl methyl sites for hydroxylation is 1. The van der Waals surface area contributed by atoms with Crippen molar-refractivity contribution in [1.82, 2.24) is 9.62 Å². The van der Waals surface area contributed by atoms with Crippen molar-refractivity contribution in [2.75, 3.05) is 13.1 Å². The fourth-order valence-electron chi connectivity index (χ4n) is 4.03. The van der Waals surface area contributed by atoms with Crippen molar-refractivity contribution in [3.8, 4) is 0 Å². The summed E-state index contributed by atoms with van der Waals surface area (Å²) < 4.78 is 66.1. The van der Waals surface area contributed by atoms with E-state index in [-0.39, 0.29) is 19.0 Å². The molecule has 0 aromatic heterocycles. The maximum atomic E-state index is 13.0. The minimum atomic E-state index is -4.63. The molecule has 4 rings (SSSR count). The Labute approximate surface area is 166 Å². The predicted molar refractivity (Wildman–Crippen MR) is 99.8 cm³/mol. The van der Waals surface area contributed by atoms with Crippen LogP contribution >= 0.6 is 0 Å². The van der Waals surface area contributed by atoms with Gasteiger partial charge >= 0.3 is 6.18 Å². The Morgan fingerprint density at radius 3 is 2.55 bits per heavy atom. The highest BCUT2D eigenvalue weighted by Crippen LogP contribution is 2.35. The Bertz CT molecular complexity index is 1070. The van der Waals surface area contributed by atoms with Gasteiger partial charge in [-0.1, -0.05) is 24.3 Å². The van der Waals surface area contributed by atoms with Gasteiger partial charge in [-0.2, -0.15) is 17.5 Å². The average Bonchev–Trinajstić information content (AvgIpc) is 3.05. The van der Waals surface area contributed by atoms with Crippen LogP contribution in [-0.4, -0.2) is 37.3 Å². The molecule has 154 valence electrons. The van der Waals surface area contributed by atoms with Gasteiger partial charge in [-0.25, -0.2) is 8.42 Å². The molecule has 29 heavy (non-hydrogen) atoms. The van der Waals surface area contributed by atoms with E-state index in [0.717, 1.165) is 23.8 Å². The van der Waals surface area contributed by atoms with Crippen LogP contribution in [0.1, 0.15) is 34.3 Å². The van der Waals surface area contributed by atoms with E-state index in [1.807, 2.05) is 12.1 Å². The summed E-state index contributed by atoms with van der Waals surface area (Å²) in [4.78, 5) is 12.2. The second-order valence-electron chi connectivity index (χ2n) is 7.51. The van der Waals surface area contributed by atoms with Gasteiger partial charge in [0.25, 0.3) is 5.91 Å². The van der Waals surface area contributed by atoms with Gasteiger partial charge < -0.3 is 5.32 Å². The van der Waals surface area contributed by atoms with E-state index >= 15 is 0 Å². The van der Waals surface area contributed by atoms with Gasteiger partial charge in [0.05, 0.1) is 16.0 Å². The smallest absolute Gasteiger partial charge is 0.345 e. The summed E-state index contributed by atoms with van der Waals surface area (Å²) in [5.41, 5.74) is -0.263. The van der Waals surface area contributed by atoms with E-state index in [2.05, 4.69) is 5.32 Å². The lowest BCUT2D eigenvalue weighted by atomic mass is 9.92. The van der Waals surface area contributed by atoms with Crippen molar-refractivity contribution in [3.63, 3.8) is 0 Å². The second kappa shape index (κ2) is 6.84. The van der Waals surface area contributed by atoms with Gasteiger partial charge in [0.15, 0.2) is 0 Å². The quantitative estimate of drug-likeness (QED) is 0.805. The molecule has 1 fully saturated rings. The molecule has 1 amide bonds. The van der Waals surface area contributed by atoms with E-state index in [4.69, 9.17) is 0 Å². The molecule has 5 nitrogen and oxygen atoms in total. The van der Waals surface area contributed by atoms with Crippen LogP contribution in [0.4, 0.5) is 13.2 Å². The van der Waals surface area contributed by atoms with Crippen LogP contribution in [0.25, 0.3) is 0 Å². The van der Waals surface area contributed by atoms with Crippen molar-refractivity contribution in [1.29, 1.82) is 0 Å². The second-order valence-corrected chi connectivity index (χ2v) is 9.44. The number of amides is 1. The fourth-order valence-corrected chi connectivity index (χ4v) is 5.61. The van der Waals surface area contributed by atoms with E-state index in [1.165, 1.54) is 4.31 Å². The molecule has 1 spiro atoms. The number of hydrogen-bond donors (Lipinski definition) is 1. The molecule has 2 aliphatic heterocycles. The summed E-state index contributed by atoms with van der Waals surface area (Å²) in [6.07, 6.45) is -3.04. The lowest BCUT2D eigenvalue weighted by Crippen LogP contribution is -2.50. The molecule has 2 aromatic rings. The van der Waals surface area contributed by atoms with Crippen molar-refractivity contribution in [2.24, 2.45) is 0 Å². The van der Waals surface area contributed by atoms with E-state index < -0.39 is 32.2 Å². The Hall–Kier alpha value is -2.39. The Kier molecular flexibility index (Phi) is 4.70. The number of benzene rings is 2. The van der Waals surface area contributed by atoms with E-state index in [0.29, 0.717) is 30.9 Å². The van der Waals surface area contributed by atoms with Crippen LogP contribution in [0.15, 0.2) is 53.4 Å². The highest BCUT2D eigenvalue weighted by Gasteiger charge is 2.45. The molecule has 0 radical (unpaired) electrons. The summed E-state index contributed by atoms with van der Waals surface area (Å²) in [5.74, 6) is -0.253. The monoisotopic (exact) mass is 424 g/mol. The molecule has 1 atom stereocenters. The number of carbonyl (C=O) groups excluding carboxylic acids is 1. The topological polar surface area (TPSA) is 66.5 Å². The zero-order valence-corrected chi connectivity index (χ0v) is 16.2. The largest absolute Gasteiger partial charge is 0.416 e. The number of nitrogens with one attached hydrogen (secondary N) is 1. The SMILES string of the molecule is O=C1N[C@]2(CCc3ccccc31)CCN(S(=O)(=O)c1cccc(C(F)(F)F)c1)C2. The maximum absolute atomic E-state index is 13.0. The molecule has 0 unspecified atom stereocenters. The number of rotatable bonds is 2. The third-order valence-electron chi connectivity index (χ3n) is 5.63. The predicted octanol–water partition coefficient (Wildman–Crippen LogP) is 3.21. The van der Waals surface area contributed by atoms with E-state index in [1.54, 1.807) is 12.1 Å². The zero-order valence-electron chi connectivity index (χ0n) is 15.4. The summed E-state index contributed by atoms with van der Waals surface area (Å²) >= 11 is 0. The summed E-state index contributed by atoms with van der Waals surface area (Å²) in [5, 5.41) is 2.97. The molecule has 1 N–H and O–H groups in total. The number of alkyl halides is 3. The Morgan fingerprint density at radius 1 is 1.03 bits per heavy atom. The van der Waals surface area contributed by atoms with Gasteiger partial charge in [-0.3, -0.25) is 4.79 Å². The molecule has 1 saturated heterocycles. The zero-order chi connectivity index (χ0) is 20.9. The Balaban J connectivity index is 1.59. The molecule has 0 saturated carbocycles. The third-order valence-corrected chi connectivity index (χ3v) is 7.47. The van der Waals surface area contributed by atoms with Crippen molar-refractivity contribution < 1.29 is 26.4 Å². The van der Waals surface area contributed by atoms with Gasteiger partial charge in [0.1, 0.15) is 0 Å². The molecular formula is C20H19F3N2O3S. The number of halogens is 3. The van der Waals surface area contributed by atoms with Crippen LogP contribution in [0, 0.1) is 0 Å². The van der Waals surface area contributed by atoms with Crippen LogP contribution < -0.4 is 5.32 Å². The molecule has 2 aliphatic rings. The minimum absolute atomic E-state index is 0.0330. The number of hydrogen-bond acceptors (Lipinski definition) is 3. The highest BCUT2D eigenvalue weighted by molar-refractivity contribution is 7.89. The van der Waals surface area contributed by atoms with E-state index in [9.17, 15) is 26.4 Å². The first-order valence-corrected chi connectivity index (χ1v) is 10.6. The van der Waals surface area contributed by atoms with Gasteiger partial charge in [-0.15, -0.1) is 0 Å². The fraction of sp³-hybridized carbons (Fsp3) is 0.350. The number of fused-ring (bicyclic) bond motifs is 1. The number of nitrogens with zero attached hydrogens (tertiary/aromatic N) is 1. The van der Waals surface area contributed by atoms with Crippen molar-refractivity contribution in [2.45, 2.75) is 35.9 Å². The van der Waals surface area contributed by atoms with Crippen LogP contribution in [-0.2, 0) is 22.6 Å². The highest BCUT2D eigenvalue weighted by atomic mass is 32.2. The van der Waals surface area contributed by atoms with Gasteiger partial charge in [0.2, 0.25) is 10.0 Å². The van der Waals surface area contributed by atoms with Crippen molar-refractivity contribution in [3.05, 3.63) is 65.2 Å². The minimum Gasteiger partial charge on any atom is -0.345 e. The average molecular weight is 424 g/mol. The molecular weight excluding hydrogens is 405 g/mol. The lowest BCUT2D eigenvalue weighted by molar-refractivity contribution is -0.137. The molecule has 0 aliphatic carbocycles. The Morgan fingerprint density at radius 2 is 1.79 bits per heavy atom. The van der Waals surface area contributed by atoms with Gasteiger partial charge in [-0.05, 0) is 49.1 Å². The van der Waals surface area contributed by atoms with Crippen LogP contribution in [0.5, 0.6) is 0 Å².